The molecule has 3 fully saturated rings. The van der Waals surface area contributed by atoms with Crippen molar-refractivity contribution in [2.24, 2.45) is 22.7 Å². The first-order valence-corrected chi connectivity index (χ1v) is 15.3. The topological polar surface area (TPSA) is 87.2 Å². The first-order chi connectivity index (χ1) is 18.6. The van der Waals surface area contributed by atoms with Gasteiger partial charge in [0.15, 0.2) is 0 Å². The van der Waals surface area contributed by atoms with E-state index < -0.39 is 11.3 Å². The van der Waals surface area contributed by atoms with Crippen molar-refractivity contribution in [1.82, 2.24) is 14.7 Å². The summed E-state index contributed by atoms with van der Waals surface area (Å²) in [4.78, 5) is 58.8. The van der Waals surface area contributed by atoms with Gasteiger partial charge in [0.25, 0.3) is 0 Å². The summed E-state index contributed by atoms with van der Waals surface area (Å²) in [7, 11) is 1.42. The van der Waals surface area contributed by atoms with Gasteiger partial charge in [-0.15, -0.1) is 0 Å². The Bertz CT molecular complexity index is 963. The van der Waals surface area contributed by atoms with Crippen molar-refractivity contribution in [3.63, 3.8) is 0 Å². The van der Waals surface area contributed by atoms with E-state index in [9.17, 15) is 19.2 Å². The fourth-order valence-corrected chi connectivity index (χ4v) is 6.94. The number of allylic oxidation sites excluding steroid dienone is 1. The van der Waals surface area contributed by atoms with E-state index >= 15 is 0 Å². The van der Waals surface area contributed by atoms with E-state index in [1.54, 1.807) is 4.90 Å². The molecule has 218 valence electrons. The SMILES string of the molecule is CCCCCCCCN1C(=O)[C@H](CC(=O)N2CCN(C(=O)C3CC3)CC2)C[C@@]2(C(=O)OC)CC(C)(C)CC=C12. The number of fused-ring (bicyclic) bond motifs is 1. The Kier molecular flexibility index (Phi) is 9.43. The van der Waals surface area contributed by atoms with Crippen LogP contribution in [0.5, 0.6) is 0 Å². The van der Waals surface area contributed by atoms with E-state index in [4.69, 9.17) is 4.74 Å². The molecule has 2 heterocycles. The highest BCUT2D eigenvalue weighted by molar-refractivity contribution is 5.92. The van der Waals surface area contributed by atoms with E-state index in [2.05, 4.69) is 26.8 Å². The second-order valence-electron chi connectivity index (χ2n) is 13.1. The van der Waals surface area contributed by atoms with E-state index in [0.29, 0.717) is 45.6 Å². The van der Waals surface area contributed by atoms with Crippen molar-refractivity contribution in [2.75, 3.05) is 39.8 Å². The molecular weight excluding hydrogens is 494 g/mol. The lowest BCUT2D eigenvalue weighted by Gasteiger charge is -2.51. The van der Waals surface area contributed by atoms with Gasteiger partial charge < -0.3 is 19.4 Å². The number of esters is 1. The van der Waals surface area contributed by atoms with Gasteiger partial charge in [0.1, 0.15) is 5.41 Å². The van der Waals surface area contributed by atoms with Crippen LogP contribution in [-0.4, -0.2) is 78.2 Å². The summed E-state index contributed by atoms with van der Waals surface area (Å²) in [6.45, 7) is 9.19. The maximum Gasteiger partial charge on any atom is 0.317 e. The van der Waals surface area contributed by atoms with Crippen molar-refractivity contribution >= 4 is 23.7 Å². The van der Waals surface area contributed by atoms with Crippen LogP contribution >= 0.6 is 0 Å². The highest BCUT2D eigenvalue weighted by atomic mass is 16.5. The zero-order valence-corrected chi connectivity index (χ0v) is 24.6. The highest BCUT2D eigenvalue weighted by Crippen LogP contribution is 2.54. The predicted molar refractivity (Wildman–Crippen MR) is 149 cm³/mol. The molecule has 0 bridgehead atoms. The third kappa shape index (κ3) is 6.68. The standard InChI is InChI=1S/C31H49N3O5/c1-5-6-7-8-9-10-15-34-25-13-14-30(2,3)22-31(25,29(38)39-4)21-24(28(34)37)20-26(35)32-16-18-33(19-17-32)27(36)23-11-12-23/h13,23-24H,5-12,14-22H2,1-4H3/t24-,31-/m1/s1. The molecule has 1 saturated carbocycles. The van der Waals surface area contributed by atoms with Gasteiger partial charge in [0.05, 0.1) is 7.11 Å². The van der Waals surface area contributed by atoms with Gasteiger partial charge in [0.2, 0.25) is 17.7 Å². The summed E-state index contributed by atoms with van der Waals surface area (Å²) in [6, 6.07) is 0. The molecule has 39 heavy (non-hydrogen) atoms. The molecule has 0 aromatic carbocycles. The summed E-state index contributed by atoms with van der Waals surface area (Å²) in [5, 5.41) is 0. The lowest BCUT2D eigenvalue weighted by molar-refractivity contribution is -0.163. The van der Waals surface area contributed by atoms with Crippen LogP contribution in [0.25, 0.3) is 0 Å². The highest BCUT2D eigenvalue weighted by Gasteiger charge is 2.57. The number of likely N-dealkylation sites (tertiary alicyclic amines) is 1. The van der Waals surface area contributed by atoms with Crippen LogP contribution in [0.4, 0.5) is 0 Å². The number of piperazine rings is 1. The van der Waals surface area contributed by atoms with Crippen LogP contribution in [0.3, 0.4) is 0 Å². The van der Waals surface area contributed by atoms with Gasteiger partial charge >= 0.3 is 5.97 Å². The molecule has 0 N–H and O–H groups in total. The number of methoxy groups -OCH3 is 1. The van der Waals surface area contributed by atoms with Gasteiger partial charge in [0, 0.05) is 56.7 Å². The van der Waals surface area contributed by atoms with Crippen LogP contribution in [-0.2, 0) is 23.9 Å². The number of carbonyl (C=O) groups is 4. The largest absolute Gasteiger partial charge is 0.468 e. The number of carbonyl (C=O) groups excluding carboxylic acids is 4. The average Bonchev–Trinajstić information content (AvgIpc) is 3.76. The first kappa shape index (κ1) is 29.6. The van der Waals surface area contributed by atoms with Crippen LogP contribution in [0.1, 0.15) is 97.8 Å². The molecule has 2 atom stereocenters. The number of unbranched alkanes of at least 4 members (excludes halogenated alkanes) is 5. The lowest BCUT2D eigenvalue weighted by Crippen LogP contribution is -2.56. The number of hydrogen-bond acceptors (Lipinski definition) is 5. The van der Waals surface area contributed by atoms with Crippen LogP contribution < -0.4 is 0 Å². The Hall–Kier alpha value is -2.38. The molecule has 2 saturated heterocycles. The number of hydrogen-bond donors (Lipinski definition) is 0. The molecule has 3 amide bonds. The quantitative estimate of drug-likeness (QED) is 0.282. The molecule has 0 radical (unpaired) electrons. The Morgan fingerprint density at radius 1 is 0.974 bits per heavy atom. The van der Waals surface area contributed by atoms with Crippen LogP contribution in [0.2, 0.25) is 0 Å². The summed E-state index contributed by atoms with van der Waals surface area (Å²) in [5.74, 6) is -0.560. The van der Waals surface area contributed by atoms with Crippen molar-refractivity contribution < 1.29 is 23.9 Å². The Balaban J connectivity index is 1.48. The van der Waals surface area contributed by atoms with Gasteiger partial charge in [-0.2, -0.15) is 0 Å². The van der Waals surface area contributed by atoms with E-state index in [0.717, 1.165) is 44.2 Å². The molecule has 0 aromatic rings. The van der Waals surface area contributed by atoms with E-state index in [1.807, 2.05) is 9.80 Å². The minimum Gasteiger partial charge on any atom is -0.468 e. The second kappa shape index (κ2) is 12.4. The Morgan fingerprint density at radius 3 is 2.26 bits per heavy atom. The maximum absolute atomic E-state index is 13.9. The van der Waals surface area contributed by atoms with Crippen molar-refractivity contribution in [2.45, 2.75) is 97.8 Å². The third-order valence-electron chi connectivity index (χ3n) is 9.22. The third-order valence-corrected chi connectivity index (χ3v) is 9.22. The fourth-order valence-electron chi connectivity index (χ4n) is 6.94. The summed E-state index contributed by atoms with van der Waals surface area (Å²) in [5.41, 5.74) is -0.223. The number of nitrogens with zero attached hydrogens (tertiary/aromatic N) is 3. The first-order valence-electron chi connectivity index (χ1n) is 15.3. The number of ether oxygens (including phenoxy) is 1. The molecule has 0 spiro atoms. The Labute approximate surface area is 234 Å². The molecule has 4 rings (SSSR count). The normalized spacial score (nSPS) is 26.7. The molecule has 4 aliphatic rings. The number of amides is 3. The second-order valence-corrected chi connectivity index (χ2v) is 13.1. The van der Waals surface area contributed by atoms with Crippen molar-refractivity contribution in [1.29, 1.82) is 0 Å². The summed E-state index contributed by atoms with van der Waals surface area (Å²) >= 11 is 0. The maximum atomic E-state index is 13.9. The van der Waals surface area contributed by atoms with Gasteiger partial charge in [-0.05, 0) is 43.9 Å². The van der Waals surface area contributed by atoms with Gasteiger partial charge in [-0.25, -0.2) is 0 Å². The van der Waals surface area contributed by atoms with Crippen molar-refractivity contribution in [3.8, 4) is 0 Å². The fraction of sp³-hybridized carbons (Fsp3) is 0.806. The Morgan fingerprint density at radius 2 is 1.62 bits per heavy atom. The molecule has 8 heteroatoms. The zero-order chi connectivity index (χ0) is 28.2. The molecule has 2 aliphatic carbocycles. The number of piperidine rings is 1. The van der Waals surface area contributed by atoms with Gasteiger partial charge in [-0.3, -0.25) is 19.2 Å². The molecule has 2 aliphatic heterocycles. The van der Waals surface area contributed by atoms with Crippen LogP contribution in [0, 0.1) is 22.7 Å². The smallest absolute Gasteiger partial charge is 0.317 e. The van der Waals surface area contributed by atoms with E-state index in [-0.39, 0.29) is 41.4 Å². The zero-order valence-electron chi connectivity index (χ0n) is 24.6. The van der Waals surface area contributed by atoms with Gasteiger partial charge in [-0.1, -0.05) is 59.0 Å². The molecule has 0 aromatic heterocycles. The van der Waals surface area contributed by atoms with E-state index in [1.165, 1.54) is 26.4 Å². The average molecular weight is 544 g/mol. The number of rotatable bonds is 11. The lowest BCUT2D eigenvalue weighted by atomic mass is 9.59. The minimum atomic E-state index is -0.910. The van der Waals surface area contributed by atoms with Crippen LogP contribution in [0.15, 0.2) is 11.8 Å². The minimum absolute atomic E-state index is 0.0371. The summed E-state index contributed by atoms with van der Waals surface area (Å²) < 4.78 is 5.37. The predicted octanol–water partition coefficient (Wildman–Crippen LogP) is 4.53. The monoisotopic (exact) mass is 543 g/mol. The summed E-state index contributed by atoms with van der Waals surface area (Å²) in [6.07, 6.45) is 12.5. The molecule has 0 unspecified atom stereocenters. The molecule has 8 nitrogen and oxygen atoms in total. The molecular formula is C31H49N3O5. The van der Waals surface area contributed by atoms with Crippen molar-refractivity contribution in [3.05, 3.63) is 11.8 Å².